The first-order chi connectivity index (χ1) is 7.22. The van der Waals surface area contributed by atoms with E-state index in [1.807, 2.05) is 0 Å². The molecule has 0 atom stereocenters. The van der Waals surface area contributed by atoms with Crippen LogP contribution < -0.4 is 5.32 Å². The number of fused-ring (bicyclic) bond motifs is 2. The van der Waals surface area contributed by atoms with Crippen LogP contribution in [0.4, 0.5) is 10.1 Å². The number of ether oxygens (including phenoxy) is 2. The topological polar surface area (TPSA) is 47.6 Å². The third kappa shape index (κ3) is 1.04. The van der Waals surface area contributed by atoms with E-state index in [1.165, 1.54) is 18.2 Å². The van der Waals surface area contributed by atoms with Gasteiger partial charge in [-0.3, -0.25) is 4.79 Å². The number of carbonyl (C=O) groups is 1. The van der Waals surface area contributed by atoms with E-state index in [4.69, 9.17) is 9.47 Å². The van der Waals surface area contributed by atoms with E-state index < -0.39 is 11.6 Å². The van der Waals surface area contributed by atoms with E-state index in [1.54, 1.807) is 0 Å². The molecule has 2 heterocycles. The summed E-state index contributed by atoms with van der Waals surface area (Å²) in [6.45, 7) is 0.731. The maximum absolute atomic E-state index is 12.9. The maximum atomic E-state index is 12.9. The molecule has 0 aliphatic carbocycles. The van der Waals surface area contributed by atoms with Gasteiger partial charge in [0.2, 0.25) is 0 Å². The Kier molecular flexibility index (Phi) is 1.63. The fraction of sp³-hybridized carbons (Fsp3) is 0.300. The number of halogens is 1. The van der Waals surface area contributed by atoms with Gasteiger partial charge in [0.25, 0.3) is 11.7 Å². The van der Waals surface area contributed by atoms with Gasteiger partial charge in [-0.15, -0.1) is 0 Å². The molecule has 2 aliphatic rings. The van der Waals surface area contributed by atoms with Gasteiger partial charge in [-0.2, -0.15) is 0 Å². The number of amides is 1. The molecule has 1 N–H and O–H groups in total. The number of hydrogen-bond donors (Lipinski definition) is 1. The minimum absolute atomic E-state index is 0.365. The van der Waals surface area contributed by atoms with Crippen molar-refractivity contribution in [3.8, 4) is 0 Å². The zero-order chi connectivity index (χ0) is 10.5. The highest BCUT2D eigenvalue weighted by Crippen LogP contribution is 2.42. The first-order valence-electron chi connectivity index (χ1n) is 4.62. The molecule has 1 spiro atoms. The fourth-order valence-corrected chi connectivity index (χ4v) is 1.93. The number of carbonyl (C=O) groups excluding carboxylic acids is 1. The molecule has 0 aromatic heterocycles. The van der Waals surface area contributed by atoms with E-state index >= 15 is 0 Å². The van der Waals surface area contributed by atoms with Crippen LogP contribution in [0.3, 0.4) is 0 Å². The summed E-state index contributed by atoms with van der Waals surface area (Å²) in [4.78, 5) is 11.7. The van der Waals surface area contributed by atoms with E-state index in [-0.39, 0.29) is 5.91 Å². The number of rotatable bonds is 0. The summed E-state index contributed by atoms with van der Waals surface area (Å²) in [6.07, 6.45) is 0. The molecule has 15 heavy (non-hydrogen) atoms. The standard InChI is InChI=1S/C10H8FNO3/c11-6-1-2-7-8(5-6)12-9(13)10(7)14-3-4-15-10/h1-2,5H,3-4H2,(H,12,13). The average Bonchev–Trinajstić information content (AvgIpc) is 2.76. The van der Waals surface area contributed by atoms with Crippen molar-refractivity contribution in [1.82, 2.24) is 0 Å². The fourth-order valence-electron chi connectivity index (χ4n) is 1.93. The van der Waals surface area contributed by atoms with Crippen LogP contribution in [-0.4, -0.2) is 19.1 Å². The molecule has 4 nitrogen and oxygen atoms in total. The van der Waals surface area contributed by atoms with Crippen LogP contribution >= 0.6 is 0 Å². The summed E-state index contributed by atoms with van der Waals surface area (Å²) < 4.78 is 23.6. The molecule has 78 valence electrons. The Bertz CT molecular complexity index is 440. The van der Waals surface area contributed by atoms with E-state index in [0.717, 1.165) is 0 Å². The molecule has 5 heteroatoms. The van der Waals surface area contributed by atoms with Crippen molar-refractivity contribution < 1.29 is 18.7 Å². The first kappa shape index (κ1) is 8.82. The molecular weight excluding hydrogens is 201 g/mol. The van der Waals surface area contributed by atoms with Crippen molar-refractivity contribution in [2.24, 2.45) is 0 Å². The monoisotopic (exact) mass is 209 g/mol. The van der Waals surface area contributed by atoms with E-state index in [2.05, 4.69) is 5.32 Å². The Labute approximate surface area is 85.0 Å². The van der Waals surface area contributed by atoms with Gasteiger partial charge in [0.05, 0.1) is 18.9 Å². The average molecular weight is 209 g/mol. The number of nitrogens with one attached hydrogen (secondary N) is 1. The Balaban J connectivity index is 2.17. The van der Waals surface area contributed by atoms with E-state index in [0.29, 0.717) is 24.5 Å². The zero-order valence-corrected chi connectivity index (χ0v) is 7.75. The number of hydrogen-bond acceptors (Lipinski definition) is 3. The first-order valence-corrected chi connectivity index (χ1v) is 4.62. The SMILES string of the molecule is O=C1Nc2cc(F)ccc2C12OCCO2. The van der Waals surface area contributed by atoms with Crippen LogP contribution in [0.2, 0.25) is 0 Å². The molecule has 1 aromatic carbocycles. The number of benzene rings is 1. The molecule has 0 bridgehead atoms. The molecule has 1 saturated heterocycles. The second kappa shape index (κ2) is 2.77. The smallest absolute Gasteiger partial charge is 0.289 e. The van der Waals surface area contributed by atoms with Crippen molar-refractivity contribution in [2.45, 2.75) is 5.79 Å². The van der Waals surface area contributed by atoms with Crippen molar-refractivity contribution in [3.05, 3.63) is 29.6 Å². The van der Waals surface area contributed by atoms with Crippen molar-refractivity contribution in [3.63, 3.8) is 0 Å². The lowest BCUT2D eigenvalue weighted by Crippen LogP contribution is -2.35. The molecule has 1 aromatic rings. The minimum Gasteiger partial charge on any atom is -0.336 e. The van der Waals surface area contributed by atoms with Gasteiger partial charge in [0.1, 0.15) is 5.82 Å². The predicted molar refractivity (Wildman–Crippen MR) is 48.6 cm³/mol. The summed E-state index contributed by atoms with van der Waals surface area (Å²) in [5.74, 6) is -2.13. The van der Waals surface area contributed by atoms with Gasteiger partial charge in [-0.25, -0.2) is 4.39 Å². The lowest BCUT2D eigenvalue weighted by molar-refractivity contribution is -0.178. The third-order valence-electron chi connectivity index (χ3n) is 2.58. The highest BCUT2D eigenvalue weighted by Gasteiger charge is 2.52. The molecule has 0 radical (unpaired) electrons. The van der Waals surface area contributed by atoms with Gasteiger partial charge in [-0.1, -0.05) is 0 Å². The predicted octanol–water partition coefficient (Wildman–Crippen LogP) is 0.977. The zero-order valence-electron chi connectivity index (χ0n) is 7.75. The Hall–Kier alpha value is -1.46. The maximum Gasteiger partial charge on any atom is 0.289 e. The summed E-state index contributed by atoms with van der Waals surface area (Å²) in [5, 5.41) is 2.54. The molecule has 2 aliphatic heterocycles. The van der Waals surface area contributed by atoms with Crippen molar-refractivity contribution in [1.29, 1.82) is 0 Å². The van der Waals surface area contributed by atoms with Gasteiger partial charge in [-0.05, 0) is 18.2 Å². The highest BCUT2D eigenvalue weighted by molar-refractivity contribution is 6.04. The van der Waals surface area contributed by atoms with Crippen LogP contribution in [0.5, 0.6) is 0 Å². The van der Waals surface area contributed by atoms with E-state index in [9.17, 15) is 9.18 Å². The molecular formula is C10H8FNO3. The van der Waals surface area contributed by atoms with Gasteiger partial charge >= 0.3 is 0 Å². The van der Waals surface area contributed by atoms with Gasteiger partial charge in [0, 0.05) is 5.56 Å². The minimum atomic E-state index is -1.34. The van der Waals surface area contributed by atoms with Crippen LogP contribution in [-0.2, 0) is 20.1 Å². The Morgan fingerprint density at radius 2 is 2.07 bits per heavy atom. The van der Waals surface area contributed by atoms with Crippen LogP contribution in [0.1, 0.15) is 5.56 Å². The second-order valence-corrected chi connectivity index (χ2v) is 3.46. The highest BCUT2D eigenvalue weighted by atomic mass is 19.1. The van der Waals surface area contributed by atoms with Crippen LogP contribution in [0, 0.1) is 5.82 Å². The molecule has 1 fully saturated rings. The Morgan fingerprint density at radius 3 is 2.80 bits per heavy atom. The van der Waals surface area contributed by atoms with Crippen molar-refractivity contribution >= 4 is 11.6 Å². The lowest BCUT2D eigenvalue weighted by Gasteiger charge is -2.18. The van der Waals surface area contributed by atoms with Gasteiger partial charge < -0.3 is 14.8 Å². The third-order valence-corrected chi connectivity index (χ3v) is 2.58. The second-order valence-electron chi connectivity index (χ2n) is 3.46. The number of anilines is 1. The van der Waals surface area contributed by atoms with Crippen LogP contribution in [0.25, 0.3) is 0 Å². The summed E-state index contributed by atoms with van der Waals surface area (Å²) in [6, 6.07) is 4.05. The molecule has 1 amide bonds. The molecule has 0 unspecified atom stereocenters. The normalized spacial score (nSPS) is 21.8. The molecule has 3 rings (SSSR count). The lowest BCUT2D eigenvalue weighted by atomic mass is 10.1. The summed E-state index contributed by atoms with van der Waals surface area (Å²) in [7, 11) is 0. The quantitative estimate of drug-likeness (QED) is 0.692. The van der Waals surface area contributed by atoms with Gasteiger partial charge in [0.15, 0.2) is 0 Å². The van der Waals surface area contributed by atoms with Crippen LogP contribution in [0.15, 0.2) is 18.2 Å². The largest absolute Gasteiger partial charge is 0.336 e. The molecule has 0 saturated carbocycles. The summed E-state index contributed by atoms with van der Waals surface area (Å²) in [5.41, 5.74) is 0.966. The Morgan fingerprint density at radius 1 is 1.33 bits per heavy atom. The summed E-state index contributed by atoms with van der Waals surface area (Å²) >= 11 is 0. The van der Waals surface area contributed by atoms with Crippen molar-refractivity contribution in [2.75, 3.05) is 18.5 Å².